The van der Waals surface area contributed by atoms with Gasteiger partial charge in [-0.05, 0) is 54.3 Å². The van der Waals surface area contributed by atoms with Gasteiger partial charge in [-0.15, -0.1) is 11.3 Å². The van der Waals surface area contributed by atoms with E-state index in [0.29, 0.717) is 19.7 Å². The molecule has 1 fully saturated rings. The third-order valence-corrected chi connectivity index (χ3v) is 7.67. The number of rotatable bonds is 7. The number of benzene rings is 1. The van der Waals surface area contributed by atoms with Gasteiger partial charge >= 0.3 is 0 Å². The Morgan fingerprint density at radius 2 is 1.94 bits per heavy atom. The molecule has 1 aliphatic heterocycles. The van der Waals surface area contributed by atoms with Gasteiger partial charge in [0.15, 0.2) is 0 Å². The summed E-state index contributed by atoms with van der Waals surface area (Å²) in [4.78, 5) is 31.8. The van der Waals surface area contributed by atoms with Gasteiger partial charge in [0.05, 0.1) is 19.2 Å². The third-order valence-electron chi connectivity index (χ3n) is 6.68. The van der Waals surface area contributed by atoms with Gasteiger partial charge in [-0.1, -0.05) is 37.1 Å². The van der Waals surface area contributed by atoms with Crippen LogP contribution in [0.4, 0.5) is 0 Å². The van der Waals surface area contributed by atoms with Crippen molar-refractivity contribution < 1.29 is 14.3 Å². The van der Waals surface area contributed by atoms with Crippen molar-refractivity contribution in [3.63, 3.8) is 0 Å². The van der Waals surface area contributed by atoms with Crippen LogP contribution in [0.5, 0.6) is 0 Å². The maximum absolute atomic E-state index is 13.6. The standard InChI is InChI=1S/C25H32N2O3S/c1-18-7-3-6-10-20(18)24-21-12-16-31-22(21)11-13-27(24)23(28)17-26(14-15-30-2)25(29)19-8-4-5-9-19/h3,6-7,10,12,16,19,24H,4-5,8-9,11,13-15,17H2,1-2H3. The predicted molar refractivity (Wildman–Crippen MR) is 123 cm³/mol. The van der Waals surface area contributed by atoms with E-state index in [-0.39, 0.29) is 30.3 Å². The number of hydrogen-bond donors (Lipinski definition) is 0. The van der Waals surface area contributed by atoms with Crippen molar-refractivity contribution in [2.45, 2.75) is 45.1 Å². The van der Waals surface area contributed by atoms with Crippen molar-refractivity contribution in [2.24, 2.45) is 5.92 Å². The van der Waals surface area contributed by atoms with Crippen LogP contribution in [-0.2, 0) is 20.7 Å². The average Bonchev–Trinajstić information content (AvgIpc) is 3.48. The fourth-order valence-corrected chi connectivity index (χ4v) is 5.87. The first-order valence-corrected chi connectivity index (χ1v) is 12.2. The van der Waals surface area contributed by atoms with Crippen molar-refractivity contribution in [3.05, 3.63) is 57.3 Å². The van der Waals surface area contributed by atoms with Gasteiger partial charge in [-0.2, -0.15) is 0 Å². The van der Waals surface area contributed by atoms with Gasteiger partial charge in [0.2, 0.25) is 11.8 Å². The van der Waals surface area contributed by atoms with Crippen LogP contribution in [0.15, 0.2) is 35.7 Å². The normalized spacial score (nSPS) is 18.8. The van der Waals surface area contributed by atoms with Gasteiger partial charge in [0.1, 0.15) is 0 Å². The number of aryl methyl sites for hydroxylation is 1. The van der Waals surface area contributed by atoms with E-state index in [1.165, 1.54) is 21.6 Å². The average molecular weight is 441 g/mol. The fourth-order valence-electron chi connectivity index (χ4n) is 4.97. The van der Waals surface area contributed by atoms with E-state index in [2.05, 4.69) is 30.5 Å². The zero-order valence-corrected chi connectivity index (χ0v) is 19.3. The summed E-state index contributed by atoms with van der Waals surface area (Å²) < 4.78 is 5.24. The van der Waals surface area contributed by atoms with E-state index in [4.69, 9.17) is 4.74 Å². The van der Waals surface area contributed by atoms with E-state index in [9.17, 15) is 9.59 Å². The number of hydrogen-bond acceptors (Lipinski definition) is 4. The number of carbonyl (C=O) groups excluding carboxylic acids is 2. The minimum absolute atomic E-state index is 0.0209. The molecule has 5 nitrogen and oxygen atoms in total. The SMILES string of the molecule is COCCN(CC(=O)N1CCc2sccc2C1c1ccccc1C)C(=O)C1CCCC1. The zero-order valence-electron chi connectivity index (χ0n) is 18.5. The second-order valence-electron chi connectivity index (χ2n) is 8.63. The van der Waals surface area contributed by atoms with Crippen LogP contribution in [0.2, 0.25) is 0 Å². The fraction of sp³-hybridized carbons (Fsp3) is 0.520. The van der Waals surface area contributed by atoms with Crippen molar-refractivity contribution >= 4 is 23.2 Å². The summed E-state index contributed by atoms with van der Waals surface area (Å²) in [6.45, 7) is 3.82. The highest BCUT2D eigenvalue weighted by molar-refractivity contribution is 7.10. The topological polar surface area (TPSA) is 49.9 Å². The molecule has 166 valence electrons. The Hall–Kier alpha value is -2.18. The first kappa shape index (κ1) is 22.0. The molecule has 0 saturated heterocycles. The molecule has 2 amide bonds. The van der Waals surface area contributed by atoms with Crippen LogP contribution >= 0.6 is 11.3 Å². The lowest BCUT2D eigenvalue weighted by Gasteiger charge is -2.38. The monoisotopic (exact) mass is 440 g/mol. The summed E-state index contributed by atoms with van der Waals surface area (Å²) in [5.41, 5.74) is 3.58. The minimum Gasteiger partial charge on any atom is -0.383 e. The van der Waals surface area contributed by atoms with E-state index in [1.807, 2.05) is 17.0 Å². The summed E-state index contributed by atoms with van der Waals surface area (Å²) in [7, 11) is 1.64. The van der Waals surface area contributed by atoms with Crippen molar-refractivity contribution in [3.8, 4) is 0 Å². The Labute approximate surface area is 189 Å². The summed E-state index contributed by atoms with van der Waals surface area (Å²) >= 11 is 1.77. The highest BCUT2D eigenvalue weighted by Crippen LogP contribution is 2.39. The van der Waals surface area contributed by atoms with Gasteiger partial charge < -0.3 is 14.5 Å². The zero-order chi connectivity index (χ0) is 21.8. The Kier molecular flexibility index (Phi) is 7.08. The molecular formula is C25H32N2O3S. The number of thiophene rings is 1. The molecule has 6 heteroatoms. The molecule has 0 bridgehead atoms. The molecule has 2 aromatic rings. The summed E-state index contributed by atoms with van der Waals surface area (Å²) in [5, 5.41) is 2.12. The second-order valence-corrected chi connectivity index (χ2v) is 9.63. The van der Waals surface area contributed by atoms with Crippen molar-refractivity contribution in [1.29, 1.82) is 0 Å². The maximum atomic E-state index is 13.6. The molecule has 1 aliphatic carbocycles. The van der Waals surface area contributed by atoms with E-state index in [1.54, 1.807) is 23.3 Å². The van der Waals surface area contributed by atoms with Gasteiger partial charge in [-0.25, -0.2) is 0 Å². The summed E-state index contributed by atoms with van der Waals surface area (Å²) in [5.74, 6) is 0.192. The van der Waals surface area contributed by atoms with Crippen LogP contribution in [0.3, 0.4) is 0 Å². The first-order valence-electron chi connectivity index (χ1n) is 11.3. The molecule has 1 aromatic carbocycles. The van der Waals surface area contributed by atoms with Crippen LogP contribution in [0.25, 0.3) is 0 Å². The quantitative estimate of drug-likeness (QED) is 0.649. The minimum atomic E-state index is -0.0884. The number of fused-ring (bicyclic) bond motifs is 1. The van der Waals surface area contributed by atoms with E-state index < -0.39 is 0 Å². The molecule has 1 unspecified atom stereocenters. The van der Waals surface area contributed by atoms with Gasteiger partial charge in [-0.3, -0.25) is 9.59 Å². The Balaban J connectivity index is 1.59. The van der Waals surface area contributed by atoms with E-state index >= 15 is 0 Å². The molecule has 2 heterocycles. The number of amides is 2. The summed E-state index contributed by atoms with van der Waals surface area (Å²) in [6.07, 6.45) is 4.94. The highest BCUT2D eigenvalue weighted by Gasteiger charge is 2.35. The highest BCUT2D eigenvalue weighted by atomic mass is 32.1. The predicted octanol–water partition coefficient (Wildman–Crippen LogP) is 4.20. The molecule has 2 aliphatic rings. The van der Waals surface area contributed by atoms with Crippen LogP contribution < -0.4 is 0 Å². The number of ether oxygens (including phenoxy) is 1. The van der Waals surface area contributed by atoms with Gasteiger partial charge in [0.25, 0.3) is 0 Å². The summed E-state index contributed by atoms with van der Waals surface area (Å²) in [6, 6.07) is 10.4. The Morgan fingerprint density at radius 3 is 2.68 bits per heavy atom. The molecular weight excluding hydrogens is 408 g/mol. The van der Waals surface area contributed by atoms with Crippen LogP contribution in [-0.4, -0.2) is 55.0 Å². The number of methoxy groups -OCH3 is 1. The van der Waals surface area contributed by atoms with Crippen molar-refractivity contribution in [1.82, 2.24) is 9.80 Å². The van der Waals surface area contributed by atoms with E-state index in [0.717, 1.165) is 32.1 Å². The number of carbonyl (C=O) groups is 2. The lowest BCUT2D eigenvalue weighted by atomic mass is 9.90. The molecule has 1 saturated carbocycles. The molecule has 0 N–H and O–H groups in total. The second kappa shape index (κ2) is 9.96. The lowest BCUT2D eigenvalue weighted by Crippen LogP contribution is -2.48. The Morgan fingerprint density at radius 1 is 1.16 bits per heavy atom. The largest absolute Gasteiger partial charge is 0.383 e. The molecule has 0 spiro atoms. The molecule has 4 rings (SSSR count). The molecule has 0 radical (unpaired) electrons. The van der Waals surface area contributed by atoms with Gasteiger partial charge in [0, 0.05) is 31.0 Å². The lowest BCUT2D eigenvalue weighted by molar-refractivity contribution is -0.144. The number of nitrogens with zero attached hydrogens (tertiary/aromatic N) is 2. The smallest absolute Gasteiger partial charge is 0.242 e. The Bertz CT molecular complexity index is 919. The van der Waals surface area contributed by atoms with Crippen LogP contribution in [0, 0.1) is 12.8 Å². The third kappa shape index (κ3) is 4.70. The molecule has 31 heavy (non-hydrogen) atoms. The molecule has 1 atom stereocenters. The van der Waals surface area contributed by atoms with Crippen LogP contribution in [0.1, 0.15) is 53.3 Å². The first-order chi connectivity index (χ1) is 15.1. The van der Waals surface area contributed by atoms with Crippen molar-refractivity contribution in [2.75, 3.05) is 33.4 Å². The maximum Gasteiger partial charge on any atom is 0.242 e. The molecule has 1 aromatic heterocycles.